The van der Waals surface area contributed by atoms with Crippen LogP contribution in [-0.4, -0.2) is 23.4 Å². The minimum atomic E-state index is 0.154. The molecule has 1 rings (SSSR count). The number of nitrogens with two attached hydrogens (primary N) is 1. The zero-order valence-corrected chi connectivity index (χ0v) is 14.3. The van der Waals surface area contributed by atoms with Crippen LogP contribution in [0.1, 0.15) is 45.1 Å². The lowest BCUT2D eigenvalue weighted by molar-refractivity contribution is -0.133. The molecule has 1 aromatic rings. The molecule has 0 aliphatic carbocycles. The summed E-state index contributed by atoms with van der Waals surface area (Å²) in [4.78, 5) is 14.2. The molecule has 0 atom stereocenters. The number of amides is 1. The van der Waals surface area contributed by atoms with Crippen molar-refractivity contribution in [1.82, 2.24) is 4.90 Å². The number of carbonyl (C=O) groups excluding carboxylic acids is 1. The van der Waals surface area contributed by atoms with E-state index in [0.29, 0.717) is 29.6 Å². The Bertz CT molecular complexity index is 464. The third-order valence-electron chi connectivity index (χ3n) is 3.38. The second kappa shape index (κ2) is 9.29. The quantitative estimate of drug-likeness (QED) is 0.724. The summed E-state index contributed by atoms with van der Waals surface area (Å²) >= 11 is 11.9. The van der Waals surface area contributed by atoms with E-state index in [0.717, 1.165) is 24.8 Å². The van der Waals surface area contributed by atoms with Gasteiger partial charge in [0.15, 0.2) is 0 Å². The van der Waals surface area contributed by atoms with Crippen LogP contribution < -0.4 is 5.73 Å². The van der Waals surface area contributed by atoms with Gasteiger partial charge in [-0.1, -0.05) is 35.7 Å². The summed E-state index contributed by atoms with van der Waals surface area (Å²) in [5.74, 6) is 0.174. The Morgan fingerprint density at radius 2 is 1.90 bits per heavy atom. The van der Waals surface area contributed by atoms with Gasteiger partial charge in [0.2, 0.25) is 5.91 Å². The smallest absolute Gasteiger partial charge is 0.223 e. The van der Waals surface area contributed by atoms with E-state index in [1.54, 1.807) is 6.07 Å². The second-order valence-corrected chi connectivity index (χ2v) is 6.28. The van der Waals surface area contributed by atoms with Crippen LogP contribution in [0, 0.1) is 0 Å². The molecule has 0 bridgehead atoms. The maximum atomic E-state index is 12.3. The summed E-state index contributed by atoms with van der Waals surface area (Å²) in [6, 6.07) is 5.65. The summed E-state index contributed by atoms with van der Waals surface area (Å²) in [6.45, 7) is 5.29. The van der Waals surface area contributed by atoms with E-state index in [2.05, 4.69) is 0 Å². The summed E-state index contributed by atoms with van der Waals surface area (Å²) in [5, 5.41) is 1.05. The monoisotopic (exact) mass is 330 g/mol. The minimum absolute atomic E-state index is 0.154. The fourth-order valence-corrected chi connectivity index (χ4v) is 2.46. The van der Waals surface area contributed by atoms with Gasteiger partial charge in [-0.15, -0.1) is 0 Å². The summed E-state index contributed by atoms with van der Waals surface area (Å²) in [7, 11) is 0. The van der Waals surface area contributed by atoms with Crippen molar-refractivity contribution in [3.05, 3.63) is 33.8 Å². The number of nitrogens with zero attached hydrogens (tertiary/aromatic N) is 1. The molecule has 21 heavy (non-hydrogen) atoms. The van der Waals surface area contributed by atoms with E-state index in [1.165, 1.54) is 0 Å². The van der Waals surface area contributed by atoms with Crippen LogP contribution in [-0.2, 0) is 11.3 Å². The predicted molar refractivity (Wildman–Crippen MR) is 89.7 cm³/mol. The number of unbranched alkanes of at least 4 members (excludes halogenated alkanes) is 2. The summed E-state index contributed by atoms with van der Waals surface area (Å²) in [6.07, 6.45) is 3.43. The van der Waals surface area contributed by atoms with Crippen LogP contribution in [0.3, 0.4) is 0 Å². The van der Waals surface area contributed by atoms with Gasteiger partial charge in [0.1, 0.15) is 0 Å². The van der Waals surface area contributed by atoms with Crippen molar-refractivity contribution in [2.24, 2.45) is 5.73 Å². The second-order valence-electron chi connectivity index (χ2n) is 5.46. The number of hydrogen-bond donors (Lipinski definition) is 1. The van der Waals surface area contributed by atoms with Crippen LogP contribution in [0.4, 0.5) is 0 Å². The first-order valence-electron chi connectivity index (χ1n) is 7.39. The first kappa shape index (κ1) is 18.3. The van der Waals surface area contributed by atoms with Gasteiger partial charge < -0.3 is 10.6 Å². The molecule has 0 saturated heterocycles. The maximum Gasteiger partial charge on any atom is 0.223 e. The molecular weight excluding hydrogens is 307 g/mol. The summed E-state index contributed by atoms with van der Waals surface area (Å²) in [5.41, 5.74) is 6.46. The molecule has 0 aliphatic heterocycles. The highest BCUT2D eigenvalue weighted by molar-refractivity contribution is 6.42. The van der Waals surface area contributed by atoms with Crippen LogP contribution in [0.15, 0.2) is 18.2 Å². The highest BCUT2D eigenvalue weighted by atomic mass is 35.5. The Morgan fingerprint density at radius 1 is 1.19 bits per heavy atom. The van der Waals surface area contributed by atoms with Crippen molar-refractivity contribution in [1.29, 1.82) is 0 Å². The molecule has 2 N–H and O–H groups in total. The minimum Gasteiger partial charge on any atom is -0.336 e. The van der Waals surface area contributed by atoms with Crippen LogP contribution in [0.25, 0.3) is 0 Å². The van der Waals surface area contributed by atoms with Crippen molar-refractivity contribution in [3.8, 4) is 0 Å². The maximum absolute atomic E-state index is 12.3. The molecular formula is C16H24Cl2N2O. The first-order chi connectivity index (χ1) is 9.95. The van der Waals surface area contributed by atoms with E-state index >= 15 is 0 Å². The number of hydrogen-bond acceptors (Lipinski definition) is 2. The largest absolute Gasteiger partial charge is 0.336 e. The number of rotatable bonds is 8. The molecule has 0 radical (unpaired) electrons. The van der Waals surface area contributed by atoms with Crippen LogP contribution in [0.5, 0.6) is 0 Å². The van der Waals surface area contributed by atoms with Gasteiger partial charge in [-0.05, 0) is 50.9 Å². The van der Waals surface area contributed by atoms with Crippen molar-refractivity contribution in [3.63, 3.8) is 0 Å². The lowest BCUT2D eigenvalue weighted by Crippen LogP contribution is -2.36. The molecule has 0 aliphatic rings. The SMILES string of the molecule is CC(C)N(Cc1ccc(Cl)c(Cl)c1)C(=O)CCCCCN. The first-order valence-corrected chi connectivity index (χ1v) is 8.14. The van der Waals surface area contributed by atoms with E-state index in [4.69, 9.17) is 28.9 Å². The molecule has 5 heteroatoms. The van der Waals surface area contributed by atoms with Crippen molar-refractivity contribution in [2.45, 2.75) is 52.1 Å². The third kappa shape index (κ3) is 6.25. The van der Waals surface area contributed by atoms with Gasteiger partial charge >= 0.3 is 0 Å². The van der Waals surface area contributed by atoms with E-state index in [9.17, 15) is 4.79 Å². The molecule has 1 amide bonds. The third-order valence-corrected chi connectivity index (χ3v) is 4.11. The molecule has 3 nitrogen and oxygen atoms in total. The topological polar surface area (TPSA) is 46.3 Å². The molecule has 0 unspecified atom stereocenters. The number of halogens is 2. The van der Waals surface area contributed by atoms with Gasteiger partial charge in [-0.3, -0.25) is 4.79 Å². The van der Waals surface area contributed by atoms with E-state index in [1.807, 2.05) is 30.9 Å². The highest BCUT2D eigenvalue weighted by Gasteiger charge is 2.17. The van der Waals surface area contributed by atoms with Crippen LogP contribution >= 0.6 is 23.2 Å². The predicted octanol–water partition coefficient (Wildman–Crippen LogP) is 4.25. The fraction of sp³-hybridized carbons (Fsp3) is 0.562. The van der Waals surface area contributed by atoms with Gasteiger partial charge in [-0.2, -0.15) is 0 Å². The molecule has 0 heterocycles. The summed E-state index contributed by atoms with van der Waals surface area (Å²) < 4.78 is 0. The zero-order valence-electron chi connectivity index (χ0n) is 12.7. The van der Waals surface area contributed by atoms with Crippen molar-refractivity contribution >= 4 is 29.1 Å². The molecule has 1 aromatic carbocycles. The van der Waals surface area contributed by atoms with Gasteiger partial charge in [0.05, 0.1) is 10.0 Å². The number of carbonyl (C=O) groups is 1. The molecule has 0 saturated carbocycles. The normalized spacial score (nSPS) is 11.0. The Kier molecular flexibility index (Phi) is 8.09. The lowest BCUT2D eigenvalue weighted by atomic mass is 10.1. The zero-order chi connectivity index (χ0) is 15.8. The Morgan fingerprint density at radius 3 is 2.48 bits per heavy atom. The Balaban J connectivity index is 2.64. The van der Waals surface area contributed by atoms with E-state index in [-0.39, 0.29) is 11.9 Å². The Hall–Kier alpha value is -0.770. The van der Waals surface area contributed by atoms with E-state index < -0.39 is 0 Å². The van der Waals surface area contributed by atoms with Gasteiger partial charge in [0.25, 0.3) is 0 Å². The average Bonchev–Trinajstić information content (AvgIpc) is 2.44. The standard InChI is InChI=1S/C16H24Cl2N2O/c1-12(2)20(16(21)6-4-3-5-9-19)11-13-7-8-14(17)15(18)10-13/h7-8,10,12H,3-6,9,11,19H2,1-2H3. The average molecular weight is 331 g/mol. The van der Waals surface area contributed by atoms with Gasteiger partial charge in [0, 0.05) is 19.0 Å². The molecule has 0 fully saturated rings. The molecule has 0 spiro atoms. The van der Waals surface area contributed by atoms with Crippen molar-refractivity contribution in [2.75, 3.05) is 6.54 Å². The fourth-order valence-electron chi connectivity index (χ4n) is 2.13. The molecule has 0 aromatic heterocycles. The Labute approximate surface area is 137 Å². The molecule has 118 valence electrons. The van der Waals surface area contributed by atoms with Crippen LogP contribution in [0.2, 0.25) is 10.0 Å². The highest BCUT2D eigenvalue weighted by Crippen LogP contribution is 2.24. The van der Waals surface area contributed by atoms with Crippen molar-refractivity contribution < 1.29 is 4.79 Å². The number of benzene rings is 1. The lowest BCUT2D eigenvalue weighted by Gasteiger charge is -2.27. The van der Waals surface area contributed by atoms with Gasteiger partial charge in [-0.25, -0.2) is 0 Å².